The molecule has 5 heteroatoms. The van der Waals surface area contributed by atoms with Gasteiger partial charge in [0.05, 0.1) is 5.56 Å². The van der Waals surface area contributed by atoms with E-state index in [9.17, 15) is 17.6 Å². The van der Waals surface area contributed by atoms with Crippen LogP contribution in [0.15, 0.2) is 60.7 Å². The maximum absolute atomic E-state index is 14.7. The van der Waals surface area contributed by atoms with Gasteiger partial charge in [0.2, 0.25) is 0 Å². The molecule has 0 N–H and O–H groups in total. The second kappa shape index (κ2) is 9.08. The Hall–Kier alpha value is -3.26. The molecule has 0 spiro atoms. The fraction of sp³-hybridized carbons (Fsp3) is 0.259. The van der Waals surface area contributed by atoms with E-state index in [2.05, 4.69) is 47.8 Å². The molecular weight excluding hydrogens is 416 g/mol. The monoisotopic (exact) mass is 438 g/mol. The maximum Gasteiger partial charge on any atom is 0.573 e. The van der Waals surface area contributed by atoms with Gasteiger partial charge in [-0.25, -0.2) is 4.39 Å². The molecule has 0 amide bonds. The van der Waals surface area contributed by atoms with Gasteiger partial charge in [0.1, 0.15) is 11.6 Å². The summed E-state index contributed by atoms with van der Waals surface area (Å²) < 4.78 is 55.3. The molecule has 0 radical (unpaired) electrons. The van der Waals surface area contributed by atoms with E-state index in [1.807, 2.05) is 0 Å². The Morgan fingerprint density at radius 3 is 2.31 bits per heavy atom. The van der Waals surface area contributed by atoms with Gasteiger partial charge in [-0.05, 0) is 90.3 Å². The van der Waals surface area contributed by atoms with Crippen LogP contribution >= 0.6 is 0 Å². The quantitative estimate of drug-likeness (QED) is 0.317. The minimum atomic E-state index is -4.74. The number of halogens is 4. The zero-order valence-corrected chi connectivity index (χ0v) is 17.6. The van der Waals surface area contributed by atoms with Crippen molar-refractivity contribution >= 4 is 0 Å². The van der Waals surface area contributed by atoms with Gasteiger partial charge >= 0.3 is 6.36 Å². The number of benzene rings is 3. The van der Waals surface area contributed by atoms with E-state index in [4.69, 9.17) is 0 Å². The predicted octanol–water partition coefficient (Wildman–Crippen LogP) is 6.96. The van der Waals surface area contributed by atoms with Crippen molar-refractivity contribution in [2.75, 3.05) is 0 Å². The van der Waals surface area contributed by atoms with Crippen LogP contribution < -0.4 is 4.74 Å². The number of rotatable bonds is 3. The summed E-state index contributed by atoms with van der Waals surface area (Å²) in [6.07, 6.45) is -1.08. The molecule has 3 aromatic carbocycles. The van der Waals surface area contributed by atoms with Crippen LogP contribution in [0.2, 0.25) is 0 Å². The first-order chi connectivity index (χ1) is 15.3. The van der Waals surface area contributed by atoms with Gasteiger partial charge in [-0.15, -0.1) is 13.2 Å². The average Bonchev–Trinajstić information content (AvgIpc) is 2.77. The van der Waals surface area contributed by atoms with Crippen LogP contribution in [-0.2, 0) is 19.3 Å². The van der Waals surface area contributed by atoms with Gasteiger partial charge in [0.15, 0.2) is 0 Å². The zero-order chi connectivity index (χ0) is 22.7. The molecule has 4 rings (SSSR count). The summed E-state index contributed by atoms with van der Waals surface area (Å²) in [5.41, 5.74) is 5.48. The molecular formula is C27H22F4O. The van der Waals surface area contributed by atoms with Crippen LogP contribution in [0.4, 0.5) is 17.6 Å². The molecule has 1 atom stereocenters. The molecule has 1 unspecified atom stereocenters. The van der Waals surface area contributed by atoms with Crippen molar-refractivity contribution in [1.82, 2.24) is 0 Å². The lowest BCUT2D eigenvalue weighted by Crippen LogP contribution is -2.16. The molecule has 0 saturated heterocycles. The Labute approximate surface area is 185 Å². The van der Waals surface area contributed by atoms with Crippen molar-refractivity contribution in [2.45, 2.75) is 44.9 Å². The lowest BCUT2D eigenvalue weighted by Gasteiger charge is -2.25. The van der Waals surface area contributed by atoms with E-state index < -0.39 is 6.36 Å². The number of fused-ring (bicyclic) bond motifs is 1. The molecule has 1 aliphatic carbocycles. The van der Waals surface area contributed by atoms with Gasteiger partial charge in [-0.3, -0.25) is 0 Å². The first-order valence-electron chi connectivity index (χ1n) is 10.6. The number of alkyl halides is 3. The molecule has 164 valence electrons. The normalized spacial score (nSPS) is 15.5. The number of ether oxygens (including phenoxy) is 1. The summed E-state index contributed by atoms with van der Waals surface area (Å²) in [4.78, 5) is 0. The van der Waals surface area contributed by atoms with Crippen LogP contribution in [0.25, 0.3) is 0 Å². The van der Waals surface area contributed by atoms with Crippen LogP contribution in [0, 0.1) is 17.7 Å². The highest BCUT2D eigenvalue weighted by atomic mass is 19.4. The molecule has 32 heavy (non-hydrogen) atoms. The van der Waals surface area contributed by atoms with E-state index in [1.54, 1.807) is 12.1 Å². The summed E-state index contributed by atoms with van der Waals surface area (Å²) >= 11 is 0. The Kier molecular flexibility index (Phi) is 6.23. The van der Waals surface area contributed by atoms with Crippen molar-refractivity contribution in [2.24, 2.45) is 0 Å². The molecule has 3 aromatic rings. The summed E-state index contributed by atoms with van der Waals surface area (Å²) in [5, 5.41) is 0. The molecule has 1 nitrogen and oxygen atoms in total. The standard InChI is InChI=1S/C27H22F4O/c1-2-18-3-8-20(9-4-18)21-11-12-22-15-23(26(28)17-24(22)16-21)10-5-19-6-13-25(14-7-19)32-27(29,30)31/h3-4,6-9,13-15,17,21H,2,11-12,16H2,1H3. The second-order valence-electron chi connectivity index (χ2n) is 7.96. The molecule has 0 bridgehead atoms. The SMILES string of the molecule is CCc1ccc(C2CCc3cc(C#Cc4ccc(OC(F)(F)F)cc4)c(F)cc3C2)cc1. The van der Waals surface area contributed by atoms with Crippen molar-refractivity contribution in [3.05, 3.63) is 99.9 Å². The lowest BCUT2D eigenvalue weighted by atomic mass is 9.79. The van der Waals surface area contributed by atoms with Gasteiger partial charge < -0.3 is 4.74 Å². The fourth-order valence-corrected chi connectivity index (χ4v) is 4.06. The predicted molar refractivity (Wildman–Crippen MR) is 116 cm³/mol. The fourth-order valence-electron chi connectivity index (χ4n) is 4.06. The lowest BCUT2D eigenvalue weighted by molar-refractivity contribution is -0.274. The third-order valence-corrected chi connectivity index (χ3v) is 5.81. The number of hydrogen-bond donors (Lipinski definition) is 0. The van der Waals surface area contributed by atoms with E-state index in [1.165, 1.54) is 35.4 Å². The van der Waals surface area contributed by atoms with Crippen LogP contribution in [-0.4, -0.2) is 6.36 Å². The minimum Gasteiger partial charge on any atom is -0.406 e. The van der Waals surface area contributed by atoms with E-state index in [0.717, 1.165) is 36.8 Å². The summed E-state index contributed by atoms with van der Waals surface area (Å²) in [7, 11) is 0. The third kappa shape index (κ3) is 5.31. The number of aryl methyl sites for hydroxylation is 2. The van der Waals surface area contributed by atoms with Gasteiger partial charge in [-0.1, -0.05) is 43.0 Å². The molecule has 0 saturated carbocycles. The van der Waals surface area contributed by atoms with Gasteiger partial charge in [0.25, 0.3) is 0 Å². The van der Waals surface area contributed by atoms with Gasteiger partial charge in [0, 0.05) is 5.56 Å². The third-order valence-electron chi connectivity index (χ3n) is 5.81. The van der Waals surface area contributed by atoms with Gasteiger partial charge in [-0.2, -0.15) is 0 Å². The molecule has 0 fully saturated rings. The Morgan fingerprint density at radius 1 is 0.938 bits per heavy atom. The van der Waals surface area contributed by atoms with Crippen molar-refractivity contribution in [3.63, 3.8) is 0 Å². The highest BCUT2D eigenvalue weighted by molar-refractivity contribution is 5.48. The van der Waals surface area contributed by atoms with Crippen LogP contribution in [0.3, 0.4) is 0 Å². The smallest absolute Gasteiger partial charge is 0.406 e. The van der Waals surface area contributed by atoms with E-state index in [0.29, 0.717) is 17.0 Å². The first kappa shape index (κ1) is 22.0. The van der Waals surface area contributed by atoms with E-state index in [-0.39, 0.29) is 11.6 Å². The summed E-state index contributed by atoms with van der Waals surface area (Å²) in [6, 6.07) is 17.3. The minimum absolute atomic E-state index is 0.296. The maximum atomic E-state index is 14.7. The Morgan fingerprint density at radius 2 is 1.66 bits per heavy atom. The second-order valence-corrected chi connectivity index (χ2v) is 7.96. The van der Waals surface area contributed by atoms with Crippen molar-refractivity contribution in [3.8, 4) is 17.6 Å². The largest absolute Gasteiger partial charge is 0.573 e. The molecule has 1 aliphatic rings. The topological polar surface area (TPSA) is 9.23 Å². The molecule has 0 aliphatic heterocycles. The first-order valence-corrected chi connectivity index (χ1v) is 10.6. The van der Waals surface area contributed by atoms with Crippen molar-refractivity contribution in [1.29, 1.82) is 0 Å². The summed E-state index contributed by atoms with van der Waals surface area (Å²) in [6.45, 7) is 2.13. The van der Waals surface area contributed by atoms with Crippen molar-refractivity contribution < 1.29 is 22.3 Å². The van der Waals surface area contributed by atoms with Crippen LogP contribution in [0.5, 0.6) is 5.75 Å². The summed E-state index contributed by atoms with van der Waals surface area (Å²) in [5.74, 6) is 5.31. The number of hydrogen-bond acceptors (Lipinski definition) is 1. The zero-order valence-electron chi connectivity index (χ0n) is 17.6. The van der Waals surface area contributed by atoms with Crippen LogP contribution in [0.1, 0.15) is 52.6 Å². The highest BCUT2D eigenvalue weighted by Crippen LogP contribution is 2.34. The average molecular weight is 438 g/mol. The highest BCUT2D eigenvalue weighted by Gasteiger charge is 2.30. The molecule has 0 aromatic heterocycles. The Balaban J connectivity index is 1.49. The Bertz CT molecular complexity index is 1150. The molecule has 0 heterocycles. The van der Waals surface area contributed by atoms with E-state index >= 15 is 0 Å².